The maximum absolute atomic E-state index is 11.9. The molecule has 3 heteroatoms. The molecule has 0 aromatic carbocycles. The molecule has 1 aliphatic rings. The average molecular weight is 270 g/mol. The van der Waals surface area contributed by atoms with Crippen LogP contribution in [0.2, 0.25) is 18.1 Å². The highest BCUT2D eigenvalue weighted by Crippen LogP contribution is 2.46. The molecule has 0 aliphatic heterocycles. The van der Waals surface area contributed by atoms with Crippen LogP contribution in [0.3, 0.4) is 0 Å². The van der Waals surface area contributed by atoms with Crippen LogP contribution in [0.25, 0.3) is 0 Å². The van der Waals surface area contributed by atoms with E-state index in [1.54, 1.807) is 0 Å². The summed E-state index contributed by atoms with van der Waals surface area (Å²) in [6.45, 7) is 18.5. The van der Waals surface area contributed by atoms with Gasteiger partial charge in [0.25, 0.3) is 0 Å². The standard InChI is InChI=1S/C15H30O2Si/c1-11-12(2)15(6,9-13(11)16)10-17-18(7,8)14(3,4)5/h11-12H,9-10H2,1-8H3/t11?,12?,15-/m0/s1. The molecule has 0 saturated heterocycles. The Hall–Kier alpha value is -0.153. The first-order chi connectivity index (χ1) is 7.91. The molecule has 3 atom stereocenters. The highest BCUT2D eigenvalue weighted by Gasteiger charge is 2.47. The topological polar surface area (TPSA) is 26.3 Å². The quantitative estimate of drug-likeness (QED) is 0.716. The lowest BCUT2D eigenvalue weighted by atomic mass is 9.79. The van der Waals surface area contributed by atoms with Gasteiger partial charge in [-0.1, -0.05) is 41.5 Å². The smallest absolute Gasteiger partial charge is 0.192 e. The number of ketones is 1. The second-order valence-electron chi connectivity index (χ2n) is 7.92. The molecule has 0 N–H and O–H groups in total. The Balaban J connectivity index is 2.72. The van der Waals surface area contributed by atoms with Crippen molar-refractivity contribution >= 4 is 14.1 Å². The van der Waals surface area contributed by atoms with E-state index in [9.17, 15) is 4.79 Å². The third-order valence-corrected chi connectivity index (χ3v) is 9.98. The summed E-state index contributed by atoms with van der Waals surface area (Å²) in [5, 5.41) is 0.237. The summed E-state index contributed by atoms with van der Waals surface area (Å²) < 4.78 is 6.33. The fourth-order valence-corrected chi connectivity index (χ4v) is 3.47. The Bertz CT molecular complexity index is 330. The Morgan fingerprint density at radius 2 is 1.83 bits per heavy atom. The van der Waals surface area contributed by atoms with E-state index in [-0.39, 0.29) is 16.4 Å². The van der Waals surface area contributed by atoms with Crippen molar-refractivity contribution < 1.29 is 9.22 Å². The van der Waals surface area contributed by atoms with E-state index < -0.39 is 8.32 Å². The summed E-state index contributed by atoms with van der Waals surface area (Å²) in [7, 11) is -1.70. The van der Waals surface area contributed by atoms with Crippen LogP contribution in [-0.2, 0) is 9.22 Å². The number of Topliss-reactive ketones (excluding diaryl/α,β-unsaturated/α-hetero) is 1. The van der Waals surface area contributed by atoms with Crippen molar-refractivity contribution in [2.45, 2.75) is 66.1 Å². The second-order valence-corrected chi connectivity index (χ2v) is 12.7. The lowest BCUT2D eigenvalue weighted by Crippen LogP contribution is -2.44. The van der Waals surface area contributed by atoms with Gasteiger partial charge in [-0.3, -0.25) is 4.79 Å². The van der Waals surface area contributed by atoms with Gasteiger partial charge in [0.1, 0.15) is 5.78 Å². The molecular weight excluding hydrogens is 240 g/mol. The zero-order valence-corrected chi connectivity index (χ0v) is 14.4. The number of carbonyl (C=O) groups is 1. The number of carbonyl (C=O) groups excluding carboxylic acids is 1. The van der Waals surface area contributed by atoms with E-state index >= 15 is 0 Å². The molecule has 1 aliphatic carbocycles. The molecular formula is C15H30O2Si. The molecule has 1 fully saturated rings. The van der Waals surface area contributed by atoms with Crippen molar-refractivity contribution in [2.75, 3.05) is 6.61 Å². The second kappa shape index (κ2) is 4.75. The van der Waals surface area contributed by atoms with Crippen LogP contribution in [0.4, 0.5) is 0 Å². The lowest BCUT2D eigenvalue weighted by molar-refractivity contribution is -0.120. The van der Waals surface area contributed by atoms with E-state index in [1.807, 2.05) is 0 Å². The largest absolute Gasteiger partial charge is 0.416 e. The predicted molar refractivity (Wildman–Crippen MR) is 79.2 cm³/mol. The molecule has 2 unspecified atom stereocenters. The van der Waals surface area contributed by atoms with Gasteiger partial charge < -0.3 is 4.43 Å². The highest BCUT2D eigenvalue weighted by atomic mass is 28.4. The molecule has 0 aromatic rings. The molecule has 18 heavy (non-hydrogen) atoms. The lowest BCUT2D eigenvalue weighted by Gasteiger charge is -2.40. The van der Waals surface area contributed by atoms with Gasteiger partial charge in [-0.15, -0.1) is 0 Å². The van der Waals surface area contributed by atoms with Gasteiger partial charge in [0.2, 0.25) is 0 Å². The Morgan fingerprint density at radius 3 is 2.17 bits per heavy atom. The van der Waals surface area contributed by atoms with Crippen molar-refractivity contribution in [3.8, 4) is 0 Å². The zero-order chi connectivity index (χ0) is 14.4. The van der Waals surface area contributed by atoms with Crippen LogP contribution >= 0.6 is 0 Å². The van der Waals surface area contributed by atoms with Gasteiger partial charge in [0, 0.05) is 18.9 Å². The van der Waals surface area contributed by atoms with E-state index in [1.165, 1.54) is 0 Å². The SMILES string of the molecule is CC1C(=O)C[C@@](C)(CO[Si](C)(C)C(C)(C)C)C1C. The van der Waals surface area contributed by atoms with Crippen LogP contribution in [0.15, 0.2) is 0 Å². The molecule has 0 aromatic heterocycles. The molecule has 1 saturated carbocycles. The minimum Gasteiger partial charge on any atom is -0.416 e. The normalized spacial score (nSPS) is 34.1. The fraction of sp³-hybridized carbons (Fsp3) is 0.933. The fourth-order valence-electron chi connectivity index (χ4n) is 2.35. The van der Waals surface area contributed by atoms with Crippen LogP contribution in [0, 0.1) is 17.3 Å². The summed E-state index contributed by atoms with van der Waals surface area (Å²) >= 11 is 0. The molecule has 0 amide bonds. The summed E-state index contributed by atoms with van der Waals surface area (Å²) in [6, 6.07) is 0. The van der Waals surface area contributed by atoms with Crippen LogP contribution < -0.4 is 0 Å². The minimum absolute atomic E-state index is 0.0338. The van der Waals surface area contributed by atoms with Crippen molar-refractivity contribution in [3.05, 3.63) is 0 Å². The van der Waals surface area contributed by atoms with E-state index in [0.717, 1.165) is 6.61 Å². The van der Waals surface area contributed by atoms with Crippen LogP contribution in [0.1, 0.15) is 48.0 Å². The van der Waals surface area contributed by atoms with Crippen molar-refractivity contribution in [1.82, 2.24) is 0 Å². The Morgan fingerprint density at radius 1 is 1.33 bits per heavy atom. The molecule has 0 heterocycles. The predicted octanol–water partition coefficient (Wildman–Crippen LogP) is 4.26. The summed E-state index contributed by atoms with van der Waals surface area (Å²) in [6.07, 6.45) is 0.684. The molecule has 0 spiro atoms. The summed E-state index contributed by atoms with van der Waals surface area (Å²) in [5.41, 5.74) is 0.0338. The van der Waals surface area contributed by atoms with Crippen LogP contribution in [0.5, 0.6) is 0 Å². The molecule has 0 radical (unpaired) electrons. The first kappa shape index (κ1) is 15.9. The van der Waals surface area contributed by atoms with Crippen molar-refractivity contribution in [2.24, 2.45) is 17.3 Å². The number of rotatable bonds is 3. The van der Waals surface area contributed by atoms with Crippen molar-refractivity contribution in [3.63, 3.8) is 0 Å². The first-order valence-corrected chi connectivity index (χ1v) is 9.98. The first-order valence-electron chi connectivity index (χ1n) is 7.07. The summed E-state index contributed by atoms with van der Waals surface area (Å²) in [4.78, 5) is 11.9. The van der Waals surface area contributed by atoms with Gasteiger partial charge in [-0.25, -0.2) is 0 Å². The van der Waals surface area contributed by atoms with Crippen molar-refractivity contribution in [1.29, 1.82) is 0 Å². The van der Waals surface area contributed by atoms with Gasteiger partial charge in [0.15, 0.2) is 8.32 Å². The maximum atomic E-state index is 11.9. The van der Waals surface area contributed by atoms with E-state index in [2.05, 4.69) is 54.6 Å². The highest BCUT2D eigenvalue weighted by molar-refractivity contribution is 6.74. The Labute approximate surface area is 114 Å². The third kappa shape index (κ3) is 2.88. The van der Waals surface area contributed by atoms with Gasteiger partial charge in [-0.05, 0) is 29.5 Å². The summed E-state index contributed by atoms with van der Waals surface area (Å²) in [5.74, 6) is 1.02. The van der Waals surface area contributed by atoms with Gasteiger partial charge >= 0.3 is 0 Å². The monoisotopic (exact) mass is 270 g/mol. The number of hydrogen-bond acceptors (Lipinski definition) is 2. The molecule has 0 bridgehead atoms. The van der Waals surface area contributed by atoms with Crippen LogP contribution in [-0.4, -0.2) is 20.7 Å². The van der Waals surface area contributed by atoms with Gasteiger partial charge in [0.05, 0.1) is 0 Å². The van der Waals surface area contributed by atoms with E-state index in [0.29, 0.717) is 18.1 Å². The molecule has 1 rings (SSSR count). The van der Waals surface area contributed by atoms with Gasteiger partial charge in [-0.2, -0.15) is 0 Å². The average Bonchev–Trinajstić information content (AvgIpc) is 2.40. The minimum atomic E-state index is -1.70. The maximum Gasteiger partial charge on any atom is 0.192 e. The Kier molecular flexibility index (Phi) is 4.20. The van der Waals surface area contributed by atoms with E-state index in [4.69, 9.17) is 4.43 Å². The molecule has 106 valence electrons. The number of hydrogen-bond donors (Lipinski definition) is 0. The molecule has 2 nitrogen and oxygen atoms in total. The zero-order valence-electron chi connectivity index (χ0n) is 13.4. The third-order valence-electron chi connectivity index (χ3n) is 5.50.